The summed E-state index contributed by atoms with van der Waals surface area (Å²) in [4.78, 5) is 13.7. The molecule has 1 aromatic rings. The SMILES string of the molecule is COC(C)CN(C)CC(=O)Nc1ccc(N)cc1. The van der Waals surface area contributed by atoms with E-state index in [1.54, 1.807) is 31.4 Å². The number of rotatable bonds is 6. The van der Waals surface area contributed by atoms with Crippen molar-refractivity contribution in [3.8, 4) is 0 Å². The molecule has 0 fully saturated rings. The Bertz CT molecular complexity index is 378. The molecule has 1 rings (SSSR count). The second-order valence-corrected chi connectivity index (χ2v) is 4.41. The number of nitrogen functional groups attached to an aromatic ring is 1. The smallest absolute Gasteiger partial charge is 0.238 e. The van der Waals surface area contributed by atoms with E-state index in [2.05, 4.69) is 5.32 Å². The number of nitrogens with zero attached hydrogens (tertiary/aromatic N) is 1. The van der Waals surface area contributed by atoms with Gasteiger partial charge in [0, 0.05) is 25.0 Å². The van der Waals surface area contributed by atoms with Gasteiger partial charge in [-0.3, -0.25) is 9.69 Å². The van der Waals surface area contributed by atoms with Crippen molar-refractivity contribution in [2.24, 2.45) is 0 Å². The summed E-state index contributed by atoms with van der Waals surface area (Å²) in [5.41, 5.74) is 7.01. The topological polar surface area (TPSA) is 67.6 Å². The summed E-state index contributed by atoms with van der Waals surface area (Å²) in [7, 11) is 3.55. The molecular weight excluding hydrogens is 230 g/mol. The number of hydrogen-bond donors (Lipinski definition) is 2. The molecule has 0 heterocycles. The molecule has 0 spiro atoms. The Morgan fingerprint density at radius 3 is 2.61 bits per heavy atom. The lowest BCUT2D eigenvalue weighted by molar-refractivity contribution is -0.117. The Morgan fingerprint density at radius 2 is 2.06 bits per heavy atom. The van der Waals surface area contributed by atoms with E-state index in [0.717, 1.165) is 5.69 Å². The highest BCUT2D eigenvalue weighted by atomic mass is 16.5. The molecule has 0 bridgehead atoms. The van der Waals surface area contributed by atoms with Crippen LogP contribution >= 0.6 is 0 Å². The summed E-state index contributed by atoms with van der Waals surface area (Å²) < 4.78 is 5.15. The average Bonchev–Trinajstić information content (AvgIpc) is 2.31. The van der Waals surface area contributed by atoms with Gasteiger partial charge in [0.25, 0.3) is 0 Å². The van der Waals surface area contributed by atoms with Gasteiger partial charge in [-0.1, -0.05) is 0 Å². The largest absolute Gasteiger partial charge is 0.399 e. The number of nitrogens with two attached hydrogens (primary N) is 1. The summed E-state index contributed by atoms with van der Waals surface area (Å²) in [6.07, 6.45) is 0.110. The molecule has 18 heavy (non-hydrogen) atoms. The average molecular weight is 251 g/mol. The molecule has 0 saturated carbocycles. The quantitative estimate of drug-likeness (QED) is 0.745. The lowest BCUT2D eigenvalue weighted by Gasteiger charge is -2.19. The fourth-order valence-corrected chi connectivity index (χ4v) is 1.59. The van der Waals surface area contributed by atoms with E-state index in [4.69, 9.17) is 10.5 Å². The molecule has 0 aliphatic carbocycles. The molecule has 1 atom stereocenters. The number of methoxy groups -OCH3 is 1. The third-order valence-corrected chi connectivity index (χ3v) is 2.58. The van der Waals surface area contributed by atoms with Crippen LogP contribution in [-0.2, 0) is 9.53 Å². The van der Waals surface area contributed by atoms with E-state index in [-0.39, 0.29) is 12.0 Å². The van der Waals surface area contributed by atoms with E-state index in [0.29, 0.717) is 18.8 Å². The van der Waals surface area contributed by atoms with Gasteiger partial charge in [0.1, 0.15) is 0 Å². The summed E-state index contributed by atoms with van der Waals surface area (Å²) in [6.45, 7) is 3.01. The number of likely N-dealkylation sites (N-methyl/N-ethyl adjacent to an activating group) is 1. The lowest BCUT2D eigenvalue weighted by atomic mass is 10.3. The zero-order chi connectivity index (χ0) is 13.5. The first-order chi connectivity index (χ1) is 8.51. The third-order valence-electron chi connectivity index (χ3n) is 2.58. The number of nitrogens with one attached hydrogen (secondary N) is 1. The van der Waals surface area contributed by atoms with Gasteiger partial charge in [-0.05, 0) is 38.2 Å². The van der Waals surface area contributed by atoms with Gasteiger partial charge in [-0.2, -0.15) is 0 Å². The van der Waals surface area contributed by atoms with Crippen LogP contribution in [0.1, 0.15) is 6.92 Å². The number of amides is 1. The maximum atomic E-state index is 11.8. The predicted molar refractivity (Wildman–Crippen MR) is 73.5 cm³/mol. The van der Waals surface area contributed by atoms with Crippen molar-refractivity contribution in [2.75, 3.05) is 38.3 Å². The number of carbonyl (C=O) groups excluding carboxylic acids is 1. The molecule has 1 amide bonds. The van der Waals surface area contributed by atoms with Gasteiger partial charge < -0.3 is 15.8 Å². The molecule has 0 aromatic heterocycles. The Balaban J connectivity index is 2.39. The van der Waals surface area contributed by atoms with E-state index in [1.807, 2.05) is 18.9 Å². The van der Waals surface area contributed by atoms with Crippen molar-refractivity contribution in [3.63, 3.8) is 0 Å². The second-order valence-electron chi connectivity index (χ2n) is 4.41. The summed E-state index contributed by atoms with van der Waals surface area (Å²) >= 11 is 0. The summed E-state index contributed by atoms with van der Waals surface area (Å²) in [5.74, 6) is -0.0504. The first-order valence-corrected chi connectivity index (χ1v) is 5.88. The fraction of sp³-hybridized carbons (Fsp3) is 0.462. The molecule has 5 heteroatoms. The van der Waals surface area contributed by atoms with Gasteiger partial charge in [-0.25, -0.2) is 0 Å². The van der Waals surface area contributed by atoms with Crippen LogP contribution in [0.15, 0.2) is 24.3 Å². The maximum absolute atomic E-state index is 11.8. The van der Waals surface area contributed by atoms with Crippen LogP contribution in [0.2, 0.25) is 0 Å². The van der Waals surface area contributed by atoms with Crippen LogP contribution in [-0.4, -0.2) is 44.2 Å². The Labute approximate surface area is 108 Å². The molecular formula is C13H21N3O2. The number of hydrogen-bond acceptors (Lipinski definition) is 4. The highest BCUT2D eigenvalue weighted by molar-refractivity contribution is 5.92. The van der Waals surface area contributed by atoms with Crippen molar-refractivity contribution in [1.29, 1.82) is 0 Å². The molecule has 5 nitrogen and oxygen atoms in total. The van der Waals surface area contributed by atoms with Gasteiger partial charge in [-0.15, -0.1) is 0 Å². The van der Waals surface area contributed by atoms with E-state index < -0.39 is 0 Å². The van der Waals surface area contributed by atoms with Crippen LogP contribution in [0.5, 0.6) is 0 Å². The number of ether oxygens (including phenoxy) is 1. The first-order valence-electron chi connectivity index (χ1n) is 5.88. The van der Waals surface area contributed by atoms with Crippen LogP contribution in [0.4, 0.5) is 11.4 Å². The maximum Gasteiger partial charge on any atom is 0.238 e. The standard InChI is InChI=1S/C13H21N3O2/c1-10(18-3)8-16(2)9-13(17)15-12-6-4-11(14)5-7-12/h4-7,10H,8-9,14H2,1-3H3,(H,15,17). The molecule has 0 radical (unpaired) electrons. The van der Waals surface area contributed by atoms with E-state index in [9.17, 15) is 4.79 Å². The van der Waals surface area contributed by atoms with Crippen molar-refractivity contribution >= 4 is 17.3 Å². The summed E-state index contributed by atoms with van der Waals surface area (Å²) in [6, 6.07) is 7.08. The van der Waals surface area contributed by atoms with Gasteiger partial charge in [0.15, 0.2) is 0 Å². The molecule has 0 aliphatic rings. The van der Waals surface area contributed by atoms with Crippen LogP contribution in [0.25, 0.3) is 0 Å². The van der Waals surface area contributed by atoms with Crippen LogP contribution in [0, 0.1) is 0 Å². The second kappa shape index (κ2) is 6.98. The van der Waals surface area contributed by atoms with Gasteiger partial charge in [0.05, 0.1) is 12.6 Å². The normalized spacial score (nSPS) is 12.4. The van der Waals surface area contributed by atoms with Gasteiger partial charge >= 0.3 is 0 Å². The van der Waals surface area contributed by atoms with Crippen molar-refractivity contribution in [1.82, 2.24) is 4.90 Å². The minimum absolute atomic E-state index is 0.0504. The number of anilines is 2. The first kappa shape index (κ1) is 14.5. The zero-order valence-corrected chi connectivity index (χ0v) is 11.1. The van der Waals surface area contributed by atoms with Crippen LogP contribution < -0.4 is 11.1 Å². The Hall–Kier alpha value is -1.59. The van der Waals surface area contributed by atoms with Crippen LogP contribution in [0.3, 0.4) is 0 Å². The van der Waals surface area contributed by atoms with Crippen molar-refractivity contribution < 1.29 is 9.53 Å². The molecule has 3 N–H and O–H groups in total. The Kier molecular flexibility index (Phi) is 5.61. The van der Waals surface area contributed by atoms with Gasteiger partial charge in [0.2, 0.25) is 5.91 Å². The highest BCUT2D eigenvalue weighted by Gasteiger charge is 2.09. The third kappa shape index (κ3) is 5.16. The molecule has 0 aliphatic heterocycles. The van der Waals surface area contributed by atoms with Crippen molar-refractivity contribution in [3.05, 3.63) is 24.3 Å². The molecule has 100 valence electrons. The minimum Gasteiger partial charge on any atom is -0.399 e. The molecule has 1 unspecified atom stereocenters. The predicted octanol–water partition coefficient (Wildman–Crippen LogP) is 1.17. The van der Waals surface area contributed by atoms with Crippen molar-refractivity contribution in [2.45, 2.75) is 13.0 Å². The zero-order valence-electron chi connectivity index (χ0n) is 11.1. The number of carbonyl (C=O) groups is 1. The lowest BCUT2D eigenvalue weighted by Crippen LogP contribution is -2.35. The van der Waals surface area contributed by atoms with E-state index in [1.165, 1.54) is 0 Å². The minimum atomic E-state index is -0.0504. The highest BCUT2D eigenvalue weighted by Crippen LogP contribution is 2.10. The monoisotopic (exact) mass is 251 g/mol. The number of benzene rings is 1. The van der Waals surface area contributed by atoms with E-state index >= 15 is 0 Å². The Morgan fingerprint density at radius 1 is 1.44 bits per heavy atom. The fourth-order valence-electron chi connectivity index (χ4n) is 1.59. The summed E-state index contributed by atoms with van der Waals surface area (Å²) in [5, 5.41) is 2.81. The molecule has 0 saturated heterocycles. The molecule has 1 aromatic carbocycles.